The van der Waals surface area contributed by atoms with Crippen molar-refractivity contribution in [3.63, 3.8) is 0 Å². The summed E-state index contributed by atoms with van der Waals surface area (Å²) in [6.07, 6.45) is -4.03. The number of pyridine rings is 1. The van der Waals surface area contributed by atoms with Gasteiger partial charge in [-0.2, -0.15) is 18.4 Å². The number of hydrogen-bond acceptors (Lipinski definition) is 5. The minimum absolute atomic E-state index is 0.263. The van der Waals surface area contributed by atoms with Crippen molar-refractivity contribution in [2.75, 3.05) is 19.6 Å². The van der Waals surface area contributed by atoms with Crippen LogP contribution in [-0.2, 0) is 6.18 Å². The molecule has 0 bridgehead atoms. The second-order valence-electron chi connectivity index (χ2n) is 5.89. The molecule has 0 radical (unpaired) electrons. The molecule has 2 heterocycles. The molecular formula is C18H17F3N4O. The van der Waals surface area contributed by atoms with Crippen molar-refractivity contribution in [2.45, 2.75) is 18.3 Å². The van der Waals surface area contributed by atoms with Crippen LogP contribution in [0.1, 0.15) is 22.8 Å². The lowest BCUT2D eigenvalue weighted by Crippen LogP contribution is -2.52. The Morgan fingerprint density at radius 2 is 2.08 bits per heavy atom. The zero-order valence-electron chi connectivity index (χ0n) is 13.8. The monoisotopic (exact) mass is 362 g/mol. The maximum Gasteiger partial charge on any atom is 0.421 e. The molecule has 0 saturated carbocycles. The van der Waals surface area contributed by atoms with Gasteiger partial charge in [-0.3, -0.25) is 0 Å². The van der Waals surface area contributed by atoms with Crippen molar-refractivity contribution in [3.8, 4) is 11.9 Å². The van der Waals surface area contributed by atoms with E-state index >= 15 is 0 Å². The lowest BCUT2D eigenvalue weighted by molar-refractivity contribution is -0.139. The van der Waals surface area contributed by atoms with Gasteiger partial charge in [0.05, 0.1) is 17.7 Å². The number of hydrogen-bond donors (Lipinski definition) is 2. The number of alkyl halides is 3. The van der Waals surface area contributed by atoms with E-state index in [4.69, 9.17) is 10.00 Å². The fraction of sp³-hybridized carbons (Fsp3) is 0.333. The van der Waals surface area contributed by atoms with E-state index in [0.29, 0.717) is 24.2 Å². The fourth-order valence-corrected chi connectivity index (χ4v) is 2.88. The Morgan fingerprint density at radius 1 is 1.23 bits per heavy atom. The van der Waals surface area contributed by atoms with Crippen molar-refractivity contribution < 1.29 is 17.9 Å². The molecular weight excluding hydrogens is 345 g/mol. The molecule has 8 heteroatoms. The molecule has 1 fully saturated rings. The number of piperazine rings is 1. The van der Waals surface area contributed by atoms with Crippen LogP contribution in [0.3, 0.4) is 0 Å². The summed E-state index contributed by atoms with van der Waals surface area (Å²) < 4.78 is 45.6. The fourth-order valence-electron chi connectivity index (χ4n) is 2.88. The van der Waals surface area contributed by atoms with Gasteiger partial charge < -0.3 is 15.4 Å². The first kappa shape index (κ1) is 18.2. The number of aromatic nitrogens is 1. The highest BCUT2D eigenvalue weighted by molar-refractivity contribution is 5.36. The van der Waals surface area contributed by atoms with Gasteiger partial charge in [-0.25, -0.2) is 4.98 Å². The predicted molar refractivity (Wildman–Crippen MR) is 88.4 cm³/mol. The number of halogens is 3. The van der Waals surface area contributed by atoms with Crippen LogP contribution < -0.4 is 15.4 Å². The van der Waals surface area contributed by atoms with Gasteiger partial charge in [-0.15, -0.1) is 0 Å². The number of benzene rings is 1. The third-order valence-electron chi connectivity index (χ3n) is 4.10. The summed E-state index contributed by atoms with van der Waals surface area (Å²) in [7, 11) is 0. The van der Waals surface area contributed by atoms with E-state index in [1.807, 2.05) is 6.07 Å². The minimum atomic E-state index is -4.57. The van der Waals surface area contributed by atoms with Crippen molar-refractivity contribution in [2.24, 2.45) is 0 Å². The summed E-state index contributed by atoms with van der Waals surface area (Å²) >= 11 is 0. The van der Waals surface area contributed by atoms with E-state index in [1.54, 1.807) is 24.3 Å². The number of nitrogens with one attached hydrogen (secondary N) is 2. The number of rotatable bonds is 4. The Balaban J connectivity index is 1.98. The maximum absolute atomic E-state index is 13.3. The summed E-state index contributed by atoms with van der Waals surface area (Å²) in [6.45, 7) is 1.95. The average molecular weight is 362 g/mol. The molecule has 0 spiro atoms. The number of nitrogens with zero attached hydrogens (tertiary/aromatic N) is 2. The first-order chi connectivity index (χ1) is 12.5. The minimum Gasteiger partial charge on any atom is -0.467 e. The van der Waals surface area contributed by atoms with Gasteiger partial charge in [0.1, 0.15) is 11.7 Å². The van der Waals surface area contributed by atoms with Gasteiger partial charge in [0.25, 0.3) is 0 Å². The smallest absolute Gasteiger partial charge is 0.421 e. The third kappa shape index (κ3) is 4.12. The summed E-state index contributed by atoms with van der Waals surface area (Å²) in [5.41, 5.74) is 0.103. The Hall–Kier alpha value is -2.63. The van der Waals surface area contributed by atoms with E-state index in [1.165, 1.54) is 12.3 Å². The molecule has 1 aromatic carbocycles. The summed E-state index contributed by atoms with van der Waals surface area (Å²) in [5, 5.41) is 15.6. The molecule has 5 nitrogen and oxygen atoms in total. The first-order valence-corrected chi connectivity index (χ1v) is 8.12. The zero-order chi connectivity index (χ0) is 18.6. The lowest BCUT2D eigenvalue weighted by Gasteiger charge is -2.32. The molecule has 136 valence electrons. The predicted octanol–water partition coefficient (Wildman–Crippen LogP) is 2.65. The van der Waals surface area contributed by atoms with Gasteiger partial charge in [0.15, 0.2) is 0 Å². The van der Waals surface area contributed by atoms with Crippen LogP contribution in [0.5, 0.6) is 5.88 Å². The molecule has 2 unspecified atom stereocenters. The van der Waals surface area contributed by atoms with Crippen molar-refractivity contribution in [3.05, 3.63) is 59.3 Å². The van der Waals surface area contributed by atoms with Gasteiger partial charge in [-0.1, -0.05) is 12.1 Å². The molecule has 2 atom stereocenters. The van der Waals surface area contributed by atoms with Crippen LogP contribution in [0.2, 0.25) is 0 Å². The van der Waals surface area contributed by atoms with Crippen LogP contribution in [0.15, 0.2) is 42.6 Å². The van der Waals surface area contributed by atoms with Gasteiger partial charge >= 0.3 is 6.18 Å². The molecule has 2 N–H and O–H groups in total. The molecule has 2 aromatic rings. The molecule has 1 saturated heterocycles. The molecule has 3 rings (SSSR count). The number of ether oxygens (including phenoxy) is 1. The Morgan fingerprint density at radius 3 is 2.77 bits per heavy atom. The van der Waals surface area contributed by atoms with E-state index in [2.05, 4.69) is 15.6 Å². The largest absolute Gasteiger partial charge is 0.467 e. The quantitative estimate of drug-likeness (QED) is 0.875. The second-order valence-corrected chi connectivity index (χ2v) is 5.89. The summed E-state index contributed by atoms with van der Waals surface area (Å²) in [5.74, 6) is -0.472. The van der Waals surface area contributed by atoms with Crippen LogP contribution in [0.25, 0.3) is 0 Å². The third-order valence-corrected chi connectivity index (χ3v) is 4.10. The topological polar surface area (TPSA) is 70.0 Å². The molecule has 1 aliphatic rings. The van der Waals surface area contributed by atoms with Crippen molar-refractivity contribution >= 4 is 0 Å². The highest BCUT2D eigenvalue weighted by Crippen LogP contribution is 2.37. The Bertz CT molecular complexity index is 798. The highest BCUT2D eigenvalue weighted by Gasteiger charge is 2.37. The lowest BCUT2D eigenvalue weighted by atomic mass is 9.99. The molecule has 0 amide bonds. The molecule has 1 aromatic heterocycles. The van der Waals surface area contributed by atoms with Crippen LogP contribution in [0.4, 0.5) is 13.2 Å². The molecule has 0 aliphatic carbocycles. The Labute approximate surface area is 148 Å². The van der Waals surface area contributed by atoms with Gasteiger partial charge in [0, 0.05) is 25.8 Å². The van der Waals surface area contributed by atoms with E-state index in [0.717, 1.165) is 12.6 Å². The van der Waals surface area contributed by atoms with Crippen LogP contribution in [0, 0.1) is 11.3 Å². The van der Waals surface area contributed by atoms with E-state index in [9.17, 15) is 13.2 Å². The van der Waals surface area contributed by atoms with Crippen LogP contribution >= 0.6 is 0 Å². The van der Waals surface area contributed by atoms with Gasteiger partial charge in [0.2, 0.25) is 5.88 Å². The summed E-state index contributed by atoms with van der Waals surface area (Å²) in [6, 6.07) is 10.6. The van der Waals surface area contributed by atoms with Crippen molar-refractivity contribution in [1.82, 2.24) is 15.6 Å². The normalized spacial score (nSPS) is 18.8. The number of nitriles is 1. The van der Waals surface area contributed by atoms with E-state index in [-0.39, 0.29) is 6.04 Å². The maximum atomic E-state index is 13.3. The summed E-state index contributed by atoms with van der Waals surface area (Å²) in [4.78, 5) is 3.79. The zero-order valence-corrected chi connectivity index (χ0v) is 13.8. The highest BCUT2D eigenvalue weighted by atomic mass is 19.4. The van der Waals surface area contributed by atoms with Gasteiger partial charge in [-0.05, 0) is 29.8 Å². The average Bonchev–Trinajstić information content (AvgIpc) is 2.66. The Kier molecular flexibility index (Phi) is 5.40. The molecule has 1 aliphatic heterocycles. The molecule has 26 heavy (non-hydrogen) atoms. The second kappa shape index (κ2) is 7.72. The van der Waals surface area contributed by atoms with Crippen LogP contribution in [-0.4, -0.2) is 30.7 Å². The van der Waals surface area contributed by atoms with Crippen molar-refractivity contribution in [1.29, 1.82) is 5.26 Å². The van der Waals surface area contributed by atoms with E-state index < -0.39 is 23.7 Å². The standard InChI is InChI=1S/C18H17F3N4O/c19-18(20,21)14-5-2-6-25-17(14)26-16(15-11-23-7-8-24-15)13-4-1-3-12(9-13)10-22/h1-6,9,15-16,23-24H,7-8,11H2. The SMILES string of the molecule is N#Cc1cccc(C(Oc2ncccc2C(F)(F)F)C2CNCCN2)c1. The first-order valence-electron chi connectivity index (χ1n) is 8.12.